The summed E-state index contributed by atoms with van der Waals surface area (Å²) < 4.78 is 26.4. The molecule has 0 unspecified atom stereocenters. The average molecular weight is 544 g/mol. The van der Waals surface area contributed by atoms with Crippen LogP contribution in [0.15, 0.2) is 59.5 Å². The fourth-order valence-electron chi connectivity index (χ4n) is 2.97. The number of halogens is 1. The molecule has 10 heteroatoms. The third-order valence-corrected chi connectivity index (χ3v) is 6.97. The predicted molar refractivity (Wildman–Crippen MR) is 122 cm³/mol. The second-order valence-electron chi connectivity index (χ2n) is 6.60. The molecule has 0 saturated heterocycles. The van der Waals surface area contributed by atoms with E-state index >= 15 is 0 Å². The average Bonchev–Trinajstić information content (AvgIpc) is 2.72. The standard InChI is InChI=1S/C20H15AsBrN5O2S/c1-27(30(2,28)29)17-7-6-13(10-23-17)16-9-15(12-4-3-5-14(22)8-12)18-19(21)24-11-25-20(18)26-16/h3-11H,1-2H3. The molecule has 0 atom stereocenters. The molecular formula is C20H15AsBrN5O2S. The third-order valence-electron chi connectivity index (χ3n) is 4.58. The van der Waals surface area contributed by atoms with Gasteiger partial charge in [0.05, 0.1) is 0 Å². The van der Waals surface area contributed by atoms with Gasteiger partial charge in [-0.15, -0.1) is 0 Å². The van der Waals surface area contributed by atoms with E-state index in [4.69, 9.17) is 4.98 Å². The molecule has 4 aromatic rings. The molecule has 30 heavy (non-hydrogen) atoms. The summed E-state index contributed by atoms with van der Waals surface area (Å²) in [7, 11) is -1.91. The van der Waals surface area contributed by atoms with Gasteiger partial charge in [-0.25, -0.2) is 0 Å². The number of aromatic nitrogens is 4. The molecular weight excluding hydrogens is 529 g/mol. The first-order chi connectivity index (χ1) is 14.2. The number of nitrogens with zero attached hydrogens (tertiary/aromatic N) is 5. The van der Waals surface area contributed by atoms with Crippen molar-refractivity contribution >= 4 is 64.1 Å². The monoisotopic (exact) mass is 543 g/mol. The van der Waals surface area contributed by atoms with Crippen LogP contribution in [0, 0.1) is 0 Å². The SMILES string of the molecule is CN(c1ccc(-c2cc(-c3cccc(Br)c3)c3c([As])ncnc3n2)cn1)S(C)(=O)=O. The topological polar surface area (TPSA) is 88.9 Å². The fraction of sp³-hybridized carbons (Fsp3) is 0.100. The number of sulfonamides is 1. The zero-order valence-electron chi connectivity index (χ0n) is 16.0. The molecule has 0 spiro atoms. The summed E-state index contributed by atoms with van der Waals surface area (Å²) in [5.74, 6) is 0.338. The second kappa shape index (κ2) is 8.06. The Bertz CT molecular complexity index is 1360. The van der Waals surface area contributed by atoms with E-state index in [-0.39, 0.29) is 0 Å². The molecule has 1 aromatic carbocycles. The minimum atomic E-state index is -3.38. The van der Waals surface area contributed by atoms with Crippen LogP contribution < -0.4 is 8.79 Å². The molecule has 7 nitrogen and oxygen atoms in total. The Morgan fingerprint density at radius 3 is 2.50 bits per heavy atom. The Labute approximate surface area is 191 Å². The van der Waals surface area contributed by atoms with Gasteiger partial charge in [0.15, 0.2) is 0 Å². The van der Waals surface area contributed by atoms with Crippen molar-refractivity contribution in [1.82, 2.24) is 19.9 Å². The number of benzene rings is 1. The summed E-state index contributed by atoms with van der Waals surface area (Å²) in [6.07, 6.45) is 4.23. The van der Waals surface area contributed by atoms with Gasteiger partial charge in [-0.3, -0.25) is 0 Å². The predicted octanol–water partition coefficient (Wildman–Crippen LogP) is 2.71. The zero-order valence-corrected chi connectivity index (χ0v) is 20.3. The van der Waals surface area contributed by atoms with Gasteiger partial charge >= 0.3 is 192 Å². The number of rotatable bonds is 4. The van der Waals surface area contributed by atoms with Gasteiger partial charge in [0.1, 0.15) is 0 Å². The van der Waals surface area contributed by atoms with Gasteiger partial charge in [-0.1, -0.05) is 0 Å². The van der Waals surface area contributed by atoms with Crippen LogP contribution in [0.1, 0.15) is 0 Å². The summed E-state index contributed by atoms with van der Waals surface area (Å²) >= 11 is 5.99. The van der Waals surface area contributed by atoms with Gasteiger partial charge in [0.2, 0.25) is 0 Å². The summed E-state index contributed by atoms with van der Waals surface area (Å²) in [6.45, 7) is 0. The molecule has 2 radical (unpaired) electrons. The van der Waals surface area contributed by atoms with E-state index < -0.39 is 10.0 Å². The van der Waals surface area contributed by atoms with Gasteiger partial charge in [-0.05, 0) is 0 Å². The Morgan fingerprint density at radius 1 is 1.03 bits per heavy atom. The molecule has 4 rings (SSSR count). The first-order valence-corrected chi connectivity index (χ1v) is 12.3. The van der Waals surface area contributed by atoms with E-state index in [1.165, 1.54) is 13.4 Å². The van der Waals surface area contributed by atoms with Gasteiger partial charge in [-0.2, -0.15) is 0 Å². The molecule has 0 aliphatic carbocycles. The molecule has 0 fully saturated rings. The molecule has 0 aliphatic rings. The number of hydrogen-bond acceptors (Lipinski definition) is 6. The van der Waals surface area contributed by atoms with Crippen molar-refractivity contribution in [2.24, 2.45) is 0 Å². The zero-order chi connectivity index (χ0) is 21.5. The van der Waals surface area contributed by atoms with E-state index in [0.717, 1.165) is 41.6 Å². The number of hydrogen-bond donors (Lipinski definition) is 0. The van der Waals surface area contributed by atoms with Crippen LogP contribution in [-0.2, 0) is 10.0 Å². The maximum absolute atomic E-state index is 11.7. The van der Waals surface area contributed by atoms with Crippen molar-refractivity contribution in [3.63, 3.8) is 0 Å². The Balaban J connectivity index is 1.89. The molecule has 0 amide bonds. The van der Waals surface area contributed by atoms with Crippen molar-refractivity contribution in [2.75, 3.05) is 17.6 Å². The Kier molecular flexibility index (Phi) is 5.61. The normalized spacial score (nSPS) is 11.6. The van der Waals surface area contributed by atoms with E-state index in [1.54, 1.807) is 18.3 Å². The first kappa shape index (κ1) is 20.9. The molecule has 0 saturated carbocycles. The van der Waals surface area contributed by atoms with E-state index in [2.05, 4.69) is 47.7 Å². The van der Waals surface area contributed by atoms with E-state index in [1.807, 2.05) is 30.3 Å². The van der Waals surface area contributed by atoms with Crippen molar-refractivity contribution in [1.29, 1.82) is 0 Å². The summed E-state index contributed by atoms with van der Waals surface area (Å²) in [5, 5.41) is 0.862. The van der Waals surface area contributed by atoms with Gasteiger partial charge < -0.3 is 0 Å². The van der Waals surface area contributed by atoms with Crippen molar-refractivity contribution in [2.45, 2.75) is 0 Å². The van der Waals surface area contributed by atoms with Crippen LogP contribution in [0.25, 0.3) is 33.4 Å². The van der Waals surface area contributed by atoms with Crippen LogP contribution in [0.2, 0.25) is 0 Å². The van der Waals surface area contributed by atoms with E-state index in [9.17, 15) is 8.42 Å². The van der Waals surface area contributed by atoms with Crippen LogP contribution in [0.4, 0.5) is 5.82 Å². The molecule has 0 N–H and O–H groups in total. The molecule has 0 aliphatic heterocycles. The first-order valence-electron chi connectivity index (χ1n) is 8.75. The Morgan fingerprint density at radius 2 is 1.83 bits per heavy atom. The summed E-state index contributed by atoms with van der Waals surface area (Å²) in [4.78, 5) is 17.7. The summed E-state index contributed by atoms with van der Waals surface area (Å²) in [5.41, 5.74) is 3.96. The quantitative estimate of drug-likeness (QED) is 0.368. The van der Waals surface area contributed by atoms with Crippen LogP contribution in [0.5, 0.6) is 0 Å². The van der Waals surface area contributed by atoms with Crippen LogP contribution in [-0.4, -0.2) is 58.5 Å². The van der Waals surface area contributed by atoms with Crippen molar-refractivity contribution in [3.05, 3.63) is 59.5 Å². The second-order valence-corrected chi connectivity index (χ2v) is 10.4. The maximum atomic E-state index is 11.7. The van der Waals surface area contributed by atoms with Crippen molar-refractivity contribution in [3.8, 4) is 22.4 Å². The third kappa shape index (κ3) is 4.10. The van der Waals surface area contributed by atoms with E-state index in [0.29, 0.717) is 17.2 Å². The van der Waals surface area contributed by atoms with Crippen LogP contribution >= 0.6 is 15.9 Å². The Hall–Kier alpha value is -2.35. The number of pyridine rings is 2. The van der Waals surface area contributed by atoms with Gasteiger partial charge in [0, 0.05) is 0 Å². The number of fused-ring (bicyclic) bond motifs is 1. The molecule has 0 bridgehead atoms. The molecule has 3 aromatic heterocycles. The molecule has 3 heterocycles. The number of anilines is 1. The molecule has 150 valence electrons. The minimum absolute atomic E-state index is 0.338. The van der Waals surface area contributed by atoms with Crippen LogP contribution in [0.3, 0.4) is 0 Å². The summed E-state index contributed by atoms with van der Waals surface area (Å²) in [6, 6.07) is 13.4. The van der Waals surface area contributed by atoms with Crippen molar-refractivity contribution < 1.29 is 8.42 Å². The fourth-order valence-corrected chi connectivity index (χ4v) is 4.39. The van der Waals surface area contributed by atoms with Gasteiger partial charge in [0.25, 0.3) is 0 Å².